The van der Waals surface area contributed by atoms with Gasteiger partial charge in [0.1, 0.15) is 0 Å². The van der Waals surface area contributed by atoms with Crippen molar-refractivity contribution in [2.24, 2.45) is 5.92 Å². The van der Waals surface area contributed by atoms with Crippen LogP contribution in [-0.2, 0) is 0 Å². The van der Waals surface area contributed by atoms with Crippen molar-refractivity contribution in [3.63, 3.8) is 0 Å². The molecule has 0 saturated carbocycles. The van der Waals surface area contributed by atoms with Gasteiger partial charge in [0.25, 0.3) is 0 Å². The van der Waals surface area contributed by atoms with Gasteiger partial charge in [0.05, 0.1) is 0 Å². The Labute approximate surface area is 288 Å². The molecular weight excluding hydrogens is 555 g/mol. The molecule has 1 heteroatoms. The van der Waals surface area contributed by atoms with Crippen LogP contribution in [0.1, 0.15) is 164 Å². The standard InChI is InChI=1S/C45H75N/c1-36(2)18-12-20-38(5)23-15-27-44-30-32-45(33-31-44)43(10)26-17-35-46(11)34-16-24-39(6)21-14-22-40(7)28-29-42(9)41(8)25-13-19-37(3)4/h18-19,23,30,45H,6-7,10,12-17,20-22,24-29,31-35H2,1-5,8-9,11H3/b38-23+,42-41-. The van der Waals surface area contributed by atoms with E-state index in [1.54, 1.807) is 22.3 Å². The summed E-state index contributed by atoms with van der Waals surface area (Å²) in [5.74, 6) is 0.692. The molecule has 0 aromatic heterocycles. The first-order chi connectivity index (χ1) is 21.9. The second-order valence-electron chi connectivity index (χ2n) is 15.1. The van der Waals surface area contributed by atoms with Crippen molar-refractivity contribution in [1.82, 2.24) is 4.90 Å². The Morgan fingerprint density at radius 1 is 0.674 bits per heavy atom. The van der Waals surface area contributed by atoms with Crippen molar-refractivity contribution in [2.75, 3.05) is 20.1 Å². The summed E-state index contributed by atoms with van der Waals surface area (Å²) in [5, 5.41) is 0. The van der Waals surface area contributed by atoms with E-state index in [9.17, 15) is 0 Å². The highest BCUT2D eigenvalue weighted by atomic mass is 15.1. The molecule has 0 N–H and O–H groups in total. The van der Waals surface area contributed by atoms with Crippen molar-refractivity contribution in [3.05, 3.63) is 94.2 Å². The van der Waals surface area contributed by atoms with Crippen LogP contribution in [0.25, 0.3) is 0 Å². The minimum absolute atomic E-state index is 0.692. The smallest absolute Gasteiger partial charge is 0.00187 e. The van der Waals surface area contributed by atoms with E-state index < -0.39 is 0 Å². The van der Waals surface area contributed by atoms with Gasteiger partial charge in [0, 0.05) is 0 Å². The van der Waals surface area contributed by atoms with E-state index in [1.807, 2.05) is 0 Å². The zero-order valence-corrected chi connectivity index (χ0v) is 32.1. The van der Waals surface area contributed by atoms with Crippen molar-refractivity contribution < 1.29 is 0 Å². The Morgan fingerprint density at radius 3 is 1.85 bits per heavy atom. The molecule has 0 bridgehead atoms. The van der Waals surface area contributed by atoms with Crippen molar-refractivity contribution in [1.29, 1.82) is 0 Å². The van der Waals surface area contributed by atoms with Crippen LogP contribution >= 0.6 is 0 Å². The van der Waals surface area contributed by atoms with Gasteiger partial charge in [0.15, 0.2) is 0 Å². The number of hydrogen-bond acceptors (Lipinski definition) is 1. The van der Waals surface area contributed by atoms with E-state index in [0.29, 0.717) is 5.92 Å². The normalized spacial score (nSPS) is 15.7. The molecule has 1 atom stereocenters. The summed E-state index contributed by atoms with van der Waals surface area (Å²) in [6.45, 7) is 31.2. The van der Waals surface area contributed by atoms with Crippen LogP contribution in [0.4, 0.5) is 0 Å². The maximum atomic E-state index is 4.51. The van der Waals surface area contributed by atoms with Crippen LogP contribution in [-0.4, -0.2) is 25.0 Å². The number of rotatable bonds is 25. The predicted molar refractivity (Wildman–Crippen MR) is 211 cm³/mol. The average Bonchev–Trinajstić information content (AvgIpc) is 2.99. The largest absolute Gasteiger partial charge is 0.306 e. The quantitative estimate of drug-likeness (QED) is 0.0908. The molecule has 1 unspecified atom stereocenters. The van der Waals surface area contributed by atoms with E-state index in [-0.39, 0.29) is 0 Å². The van der Waals surface area contributed by atoms with Gasteiger partial charge in [0.2, 0.25) is 0 Å². The molecule has 0 heterocycles. The third-order valence-electron chi connectivity index (χ3n) is 9.95. The van der Waals surface area contributed by atoms with Gasteiger partial charge in [-0.2, -0.15) is 0 Å². The van der Waals surface area contributed by atoms with Gasteiger partial charge in [-0.05, 0) is 190 Å². The number of nitrogens with zero attached hydrogens (tertiary/aromatic N) is 1. The first-order valence-corrected chi connectivity index (χ1v) is 18.8. The topological polar surface area (TPSA) is 3.24 Å². The highest BCUT2D eigenvalue weighted by molar-refractivity contribution is 5.15. The van der Waals surface area contributed by atoms with Gasteiger partial charge in [-0.3, -0.25) is 0 Å². The Kier molecular flexibility index (Phi) is 22.7. The molecule has 0 aromatic rings. The number of hydrogen-bond donors (Lipinski definition) is 0. The van der Waals surface area contributed by atoms with E-state index in [2.05, 4.69) is 104 Å². The monoisotopic (exact) mass is 630 g/mol. The fourth-order valence-corrected chi connectivity index (χ4v) is 6.38. The molecule has 0 radical (unpaired) electrons. The lowest BCUT2D eigenvalue weighted by atomic mass is 9.82. The zero-order valence-electron chi connectivity index (χ0n) is 32.1. The summed E-state index contributed by atoms with van der Waals surface area (Å²) in [7, 11) is 2.28. The molecule has 0 fully saturated rings. The van der Waals surface area contributed by atoms with Crippen LogP contribution in [0.2, 0.25) is 0 Å². The van der Waals surface area contributed by atoms with E-state index in [4.69, 9.17) is 0 Å². The molecule has 0 aromatic carbocycles. The fraction of sp³-hybridized carbons (Fsp3) is 0.644. The summed E-state index contributed by atoms with van der Waals surface area (Å²) in [4.78, 5) is 2.51. The molecular formula is C45H75N. The van der Waals surface area contributed by atoms with Crippen LogP contribution in [0.15, 0.2) is 94.2 Å². The Morgan fingerprint density at radius 2 is 1.24 bits per heavy atom. The van der Waals surface area contributed by atoms with Gasteiger partial charge in [-0.15, -0.1) is 0 Å². The molecule has 260 valence electrons. The van der Waals surface area contributed by atoms with Gasteiger partial charge in [-0.25, -0.2) is 0 Å². The van der Waals surface area contributed by atoms with Crippen molar-refractivity contribution in [3.8, 4) is 0 Å². The molecule has 1 aliphatic carbocycles. The molecule has 0 aliphatic heterocycles. The summed E-state index contributed by atoms with van der Waals surface area (Å²) in [6.07, 6.45) is 31.2. The van der Waals surface area contributed by atoms with E-state index >= 15 is 0 Å². The zero-order chi connectivity index (χ0) is 34.3. The molecule has 46 heavy (non-hydrogen) atoms. The molecule has 1 rings (SSSR count). The van der Waals surface area contributed by atoms with Crippen LogP contribution in [0, 0.1) is 5.92 Å². The van der Waals surface area contributed by atoms with Crippen LogP contribution in [0.5, 0.6) is 0 Å². The summed E-state index contributed by atoms with van der Waals surface area (Å²) >= 11 is 0. The molecule has 1 nitrogen and oxygen atoms in total. The van der Waals surface area contributed by atoms with Gasteiger partial charge in [-0.1, -0.05) is 94.2 Å². The molecule has 0 amide bonds. The van der Waals surface area contributed by atoms with Crippen molar-refractivity contribution in [2.45, 2.75) is 164 Å². The third-order valence-corrected chi connectivity index (χ3v) is 9.95. The first-order valence-electron chi connectivity index (χ1n) is 18.8. The fourth-order valence-electron chi connectivity index (χ4n) is 6.38. The lowest BCUT2D eigenvalue weighted by molar-refractivity contribution is 0.322. The van der Waals surface area contributed by atoms with Gasteiger partial charge < -0.3 is 4.90 Å². The maximum Gasteiger partial charge on any atom is -0.00187 e. The SMILES string of the molecule is C=C(CCCC(=C)CC/C(C)=C(/C)CCC=C(C)C)CCCN(C)CCCC(=C)C1CC=C(CC/C=C(\C)CCC=C(C)C)CC1. The lowest BCUT2D eigenvalue weighted by Gasteiger charge is -2.25. The first kappa shape index (κ1) is 41.9. The Balaban J connectivity index is 2.14. The van der Waals surface area contributed by atoms with Crippen LogP contribution in [0.3, 0.4) is 0 Å². The molecule has 0 saturated heterocycles. The second kappa shape index (κ2) is 25.0. The van der Waals surface area contributed by atoms with Gasteiger partial charge >= 0.3 is 0 Å². The summed E-state index contributed by atoms with van der Waals surface area (Å²) < 4.78 is 0. The summed E-state index contributed by atoms with van der Waals surface area (Å²) in [5.41, 5.74) is 13.5. The van der Waals surface area contributed by atoms with E-state index in [0.717, 1.165) is 45.1 Å². The predicted octanol–water partition coefficient (Wildman–Crippen LogP) is 14.4. The van der Waals surface area contributed by atoms with Crippen molar-refractivity contribution >= 4 is 0 Å². The minimum Gasteiger partial charge on any atom is -0.306 e. The lowest BCUT2D eigenvalue weighted by Crippen LogP contribution is -2.21. The second-order valence-corrected chi connectivity index (χ2v) is 15.1. The van der Waals surface area contributed by atoms with Crippen LogP contribution < -0.4 is 0 Å². The Bertz CT molecular complexity index is 1080. The molecule has 0 spiro atoms. The third kappa shape index (κ3) is 21.6. The van der Waals surface area contributed by atoms with E-state index in [1.165, 1.54) is 111 Å². The Hall–Kier alpha value is -2.12. The highest BCUT2D eigenvalue weighted by Crippen LogP contribution is 2.32. The minimum atomic E-state index is 0.692. The maximum absolute atomic E-state index is 4.51. The summed E-state index contributed by atoms with van der Waals surface area (Å²) in [6, 6.07) is 0. The molecule has 1 aliphatic rings. The highest BCUT2D eigenvalue weighted by Gasteiger charge is 2.17. The average molecular weight is 630 g/mol. The number of allylic oxidation sites excluding steroid dienone is 13.